The Labute approximate surface area is 141 Å². The summed E-state index contributed by atoms with van der Waals surface area (Å²) in [6, 6.07) is 15.9. The first-order chi connectivity index (χ1) is 12.0. The van der Waals surface area contributed by atoms with E-state index < -0.39 is 22.4 Å². The number of carbonyl (C=O) groups is 2. The van der Waals surface area contributed by atoms with Crippen LogP contribution >= 0.6 is 0 Å². The summed E-state index contributed by atoms with van der Waals surface area (Å²) in [7, 11) is 0. The molecule has 0 unspecified atom stereocenters. The minimum absolute atomic E-state index is 0.147. The fourth-order valence-corrected chi connectivity index (χ4v) is 2.54. The zero-order chi connectivity index (χ0) is 18.0. The third-order valence-electron chi connectivity index (χ3n) is 3.73. The van der Waals surface area contributed by atoms with E-state index in [4.69, 9.17) is 0 Å². The Hall–Kier alpha value is -3.74. The summed E-state index contributed by atoms with van der Waals surface area (Å²) in [5, 5.41) is 24.5. The summed E-state index contributed by atoms with van der Waals surface area (Å²) in [6.07, 6.45) is 0. The molecule has 0 bridgehead atoms. The number of nitrogens with one attached hydrogen (secondary N) is 1. The lowest BCUT2D eigenvalue weighted by molar-refractivity contribution is -0.384. The standard InChI is InChI=1S/C18H12N2O5/c21-17(14-9-8-12(20(24)25)10-15(14)18(22)23)19-16-7-3-5-11-4-1-2-6-13(11)16/h1-10H,(H,19,21)(H,22,23). The first-order valence-corrected chi connectivity index (χ1v) is 7.28. The lowest BCUT2D eigenvalue weighted by Crippen LogP contribution is -2.17. The number of aromatic carboxylic acids is 1. The zero-order valence-corrected chi connectivity index (χ0v) is 12.8. The van der Waals surface area contributed by atoms with Crippen molar-refractivity contribution in [2.75, 3.05) is 5.32 Å². The van der Waals surface area contributed by atoms with Crippen molar-refractivity contribution < 1.29 is 19.6 Å². The maximum absolute atomic E-state index is 12.5. The predicted octanol–water partition coefficient (Wildman–Crippen LogP) is 3.70. The van der Waals surface area contributed by atoms with Crippen LogP contribution in [0.25, 0.3) is 10.8 Å². The Kier molecular flexibility index (Phi) is 4.13. The molecule has 0 spiro atoms. The second kappa shape index (κ2) is 6.40. The summed E-state index contributed by atoms with van der Waals surface area (Å²) in [4.78, 5) is 34.0. The van der Waals surface area contributed by atoms with Crippen molar-refractivity contribution in [2.24, 2.45) is 0 Å². The Morgan fingerprint density at radius 3 is 2.40 bits per heavy atom. The van der Waals surface area contributed by atoms with E-state index >= 15 is 0 Å². The second-order valence-corrected chi connectivity index (χ2v) is 5.27. The molecule has 25 heavy (non-hydrogen) atoms. The van der Waals surface area contributed by atoms with E-state index in [9.17, 15) is 24.8 Å². The normalized spacial score (nSPS) is 10.4. The molecule has 0 aliphatic rings. The van der Waals surface area contributed by atoms with Crippen LogP contribution in [-0.2, 0) is 0 Å². The quantitative estimate of drug-likeness (QED) is 0.557. The van der Waals surface area contributed by atoms with E-state index in [0.29, 0.717) is 5.69 Å². The monoisotopic (exact) mass is 336 g/mol. The van der Waals surface area contributed by atoms with Gasteiger partial charge in [0.1, 0.15) is 0 Å². The minimum atomic E-state index is -1.41. The van der Waals surface area contributed by atoms with Crippen molar-refractivity contribution in [1.82, 2.24) is 0 Å². The van der Waals surface area contributed by atoms with Gasteiger partial charge >= 0.3 is 5.97 Å². The van der Waals surface area contributed by atoms with Crippen molar-refractivity contribution in [3.8, 4) is 0 Å². The van der Waals surface area contributed by atoms with Gasteiger partial charge in [0.2, 0.25) is 0 Å². The lowest BCUT2D eigenvalue weighted by Gasteiger charge is -2.10. The number of nitro groups is 1. The SMILES string of the molecule is O=C(O)c1cc([N+](=O)[O-])ccc1C(=O)Nc1cccc2ccccc12. The van der Waals surface area contributed by atoms with Crippen LogP contribution in [0, 0.1) is 10.1 Å². The van der Waals surface area contributed by atoms with Crippen LogP contribution in [0.3, 0.4) is 0 Å². The topological polar surface area (TPSA) is 110 Å². The molecule has 3 aromatic carbocycles. The molecule has 3 aromatic rings. The molecule has 0 aliphatic carbocycles. The number of hydrogen-bond acceptors (Lipinski definition) is 4. The third-order valence-corrected chi connectivity index (χ3v) is 3.73. The Balaban J connectivity index is 2.01. The molecular weight excluding hydrogens is 324 g/mol. The first kappa shape index (κ1) is 16.1. The molecule has 0 heterocycles. The summed E-state index contributed by atoms with van der Waals surface area (Å²) in [5.74, 6) is -2.06. The maximum atomic E-state index is 12.5. The zero-order valence-electron chi connectivity index (χ0n) is 12.8. The van der Waals surface area contributed by atoms with E-state index in [1.165, 1.54) is 0 Å². The van der Waals surface area contributed by atoms with Crippen LogP contribution in [0.5, 0.6) is 0 Å². The summed E-state index contributed by atoms with van der Waals surface area (Å²) < 4.78 is 0. The number of hydrogen-bond donors (Lipinski definition) is 2. The number of fused-ring (bicyclic) bond motifs is 1. The number of carboxylic acid groups (broad SMARTS) is 1. The Morgan fingerprint density at radius 2 is 1.68 bits per heavy atom. The fraction of sp³-hybridized carbons (Fsp3) is 0. The van der Waals surface area contributed by atoms with Gasteiger partial charge in [-0.3, -0.25) is 14.9 Å². The van der Waals surface area contributed by atoms with Crippen LogP contribution in [0.1, 0.15) is 20.7 Å². The molecule has 0 atom stereocenters. The molecule has 0 fully saturated rings. The molecule has 124 valence electrons. The molecule has 0 radical (unpaired) electrons. The van der Waals surface area contributed by atoms with Crippen LogP contribution in [0.15, 0.2) is 60.7 Å². The molecule has 1 amide bonds. The van der Waals surface area contributed by atoms with Crippen molar-refractivity contribution >= 4 is 34.0 Å². The van der Waals surface area contributed by atoms with Crippen LogP contribution in [-0.4, -0.2) is 21.9 Å². The van der Waals surface area contributed by atoms with Crippen LogP contribution in [0.2, 0.25) is 0 Å². The molecule has 2 N–H and O–H groups in total. The van der Waals surface area contributed by atoms with Crippen molar-refractivity contribution in [3.05, 3.63) is 81.9 Å². The lowest BCUT2D eigenvalue weighted by atomic mass is 10.0. The highest BCUT2D eigenvalue weighted by Crippen LogP contribution is 2.25. The van der Waals surface area contributed by atoms with Crippen molar-refractivity contribution in [1.29, 1.82) is 0 Å². The summed E-state index contributed by atoms with van der Waals surface area (Å²) in [5.41, 5.74) is -0.435. The number of anilines is 1. The average Bonchev–Trinajstić information content (AvgIpc) is 2.61. The van der Waals surface area contributed by atoms with Crippen LogP contribution in [0.4, 0.5) is 11.4 Å². The number of carboxylic acids is 1. The predicted molar refractivity (Wildman–Crippen MR) is 92.0 cm³/mol. The van der Waals surface area contributed by atoms with E-state index in [1.807, 2.05) is 30.3 Å². The first-order valence-electron chi connectivity index (χ1n) is 7.28. The smallest absolute Gasteiger partial charge is 0.336 e. The van der Waals surface area contributed by atoms with E-state index in [2.05, 4.69) is 5.32 Å². The highest BCUT2D eigenvalue weighted by molar-refractivity contribution is 6.13. The van der Waals surface area contributed by atoms with Gasteiger partial charge in [-0.1, -0.05) is 36.4 Å². The van der Waals surface area contributed by atoms with Crippen molar-refractivity contribution in [2.45, 2.75) is 0 Å². The van der Waals surface area contributed by atoms with Gasteiger partial charge in [-0.15, -0.1) is 0 Å². The summed E-state index contributed by atoms with van der Waals surface area (Å²) >= 11 is 0. The molecule has 0 aliphatic heterocycles. The summed E-state index contributed by atoms with van der Waals surface area (Å²) in [6.45, 7) is 0. The molecule has 0 aromatic heterocycles. The number of benzene rings is 3. The van der Waals surface area contributed by atoms with Gasteiger partial charge in [0.05, 0.1) is 16.1 Å². The van der Waals surface area contributed by atoms with Gasteiger partial charge < -0.3 is 10.4 Å². The largest absolute Gasteiger partial charge is 0.478 e. The highest BCUT2D eigenvalue weighted by atomic mass is 16.6. The van der Waals surface area contributed by atoms with Gasteiger partial charge in [-0.2, -0.15) is 0 Å². The Morgan fingerprint density at radius 1 is 0.960 bits per heavy atom. The number of nitrogens with zero attached hydrogens (tertiary/aromatic N) is 1. The number of amides is 1. The molecule has 7 nitrogen and oxygen atoms in total. The molecular formula is C18H12N2O5. The van der Waals surface area contributed by atoms with Gasteiger partial charge in [-0.05, 0) is 17.5 Å². The van der Waals surface area contributed by atoms with E-state index in [0.717, 1.165) is 29.0 Å². The fourth-order valence-electron chi connectivity index (χ4n) is 2.54. The number of rotatable bonds is 4. The number of nitro benzene ring substituents is 1. The van der Waals surface area contributed by atoms with Crippen molar-refractivity contribution in [3.63, 3.8) is 0 Å². The number of carbonyl (C=O) groups excluding carboxylic acids is 1. The van der Waals surface area contributed by atoms with Gasteiger partial charge in [0.15, 0.2) is 0 Å². The second-order valence-electron chi connectivity index (χ2n) is 5.27. The van der Waals surface area contributed by atoms with Gasteiger partial charge in [0.25, 0.3) is 11.6 Å². The molecule has 0 saturated carbocycles. The van der Waals surface area contributed by atoms with E-state index in [-0.39, 0.29) is 11.3 Å². The van der Waals surface area contributed by atoms with Gasteiger partial charge in [-0.25, -0.2) is 4.79 Å². The number of non-ortho nitro benzene ring substituents is 1. The third kappa shape index (κ3) is 3.16. The maximum Gasteiger partial charge on any atom is 0.336 e. The van der Waals surface area contributed by atoms with E-state index in [1.54, 1.807) is 12.1 Å². The highest BCUT2D eigenvalue weighted by Gasteiger charge is 2.21. The van der Waals surface area contributed by atoms with Gasteiger partial charge in [0, 0.05) is 23.2 Å². The molecule has 0 saturated heterocycles. The molecule has 3 rings (SSSR count). The molecule has 7 heteroatoms. The average molecular weight is 336 g/mol. The Bertz CT molecular complexity index is 1010. The minimum Gasteiger partial charge on any atom is -0.478 e. The van der Waals surface area contributed by atoms with Crippen LogP contribution < -0.4 is 5.32 Å².